The summed E-state index contributed by atoms with van der Waals surface area (Å²) in [5, 5.41) is 18.8. The van der Waals surface area contributed by atoms with E-state index in [0.717, 1.165) is 0 Å². The van der Waals surface area contributed by atoms with Crippen molar-refractivity contribution >= 4 is 34.3 Å². The molecule has 1 heterocycles. The van der Waals surface area contributed by atoms with Crippen LogP contribution in [0, 0.1) is 5.41 Å². The molecule has 0 spiro atoms. The van der Waals surface area contributed by atoms with Crippen LogP contribution in [0.3, 0.4) is 0 Å². The molecule has 1 rings (SSSR count). The fourth-order valence-corrected chi connectivity index (χ4v) is 1.85. The van der Waals surface area contributed by atoms with Gasteiger partial charge in [-0.05, 0) is 19.1 Å². The number of carboxylic acids is 1. The number of pyridine rings is 1. The van der Waals surface area contributed by atoms with Crippen molar-refractivity contribution in [1.82, 2.24) is 9.88 Å². The molecular formula is C14H17ClN4O3. The number of halogens is 1. The fraction of sp³-hybridized carbons (Fsp3) is 0.286. The number of carbonyl (C=O) groups excluding carboxylic acids is 1. The highest BCUT2D eigenvalue weighted by atomic mass is 35.5. The van der Waals surface area contributed by atoms with Crippen LogP contribution in [0.1, 0.15) is 19.8 Å². The van der Waals surface area contributed by atoms with Gasteiger partial charge in [0, 0.05) is 25.4 Å². The number of hydrogen-bond acceptors (Lipinski definition) is 5. The van der Waals surface area contributed by atoms with E-state index in [9.17, 15) is 9.59 Å². The number of hydrogen-bond donors (Lipinski definition) is 3. The lowest BCUT2D eigenvalue weighted by molar-refractivity contribution is -0.140. The number of carbonyl (C=O) groups is 2. The van der Waals surface area contributed by atoms with Crippen molar-refractivity contribution < 1.29 is 14.7 Å². The molecule has 0 bridgehead atoms. The van der Waals surface area contributed by atoms with Gasteiger partial charge in [0.1, 0.15) is 5.17 Å². The third-order valence-electron chi connectivity index (χ3n) is 2.72. The standard InChI is InChI=1S/C14H17ClN4O3/c1-2-19(12(20)5-6-13(21)22)11(14(15)16)9-18-10-4-3-7-17-8-10/h3-4,7-9,16,18H,2,5-6H2,1H3,(H,21,22)/b11-9+,16-14?. The third-order valence-corrected chi connectivity index (χ3v) is 2.92. The molecule has 0 aliphatic rings. The lowest BCUT2D eigenvalue weighted by atomic mass is 10.2. The van der Waals surface area contributed by atoms with E-state index in [1.165, 1.54) is 11.1 Å². The molecule has 22 heavy (non-hydrogen) atoms. The molecule has 3 N–H and O–H groups in total. The van der Waals surface area contributed by atoms with Crippen molar-refractivity contribution in [3.8, 4) is 0 Å². The molecule has 8 heteroatoms. The van der Waals surface area contributed by atoms with E-state index in [-0.39, 0.29) is 30.3 Å². The molecule has 0 fully saturated rings. The van der Waals surface area contributed by atoms with E-state index in [0.29, 0.717) is 5.69 Å². The molecule has 0 radical (unpaired) electrons. The Balaban J connectivity index is 2.88. The van der Waals surface area contributed by atoms with Crippen molar-refractivity contribution in [2.45, 2.75) is 19.8 Å². The Morgan fingerprint density at radius 1 is 1.50 bits per heavy atom. The predicted molar refractivity (Wildman–Crippen MR) is 83.8 cm³/mol. The summed E-state index contributed by atoms with van der Waals surface area (Å²) in [6, 6.07) is 3.50. The van der Waals surface area contributed by atoms with Crippen LogP contribution in [0.2, 0.25) is 0 Å². The highest BCUT2D eigenvalue weighted by Gasteiger charge is 2.19. The van der Waals surface area contributed by atoms with E-state index >= 15 is 0 Å². The number of nitrogens with one attached hydrogen (secondary N) is 2. The number of amides is 1. The van der Waals surface area contributed by atoms with Crippen LogP contribution in [-0.4, -0.2) is 38.6 Å². The zero-order chi connectivity index (χ0) is 16.5. The molecule has 1 amide bonds. The summed E-state index contributed by atoms with van der Waals surface area (Å²) in [4.78, 5) is 27.8. The maximum atomic E-state index is 12.1. The number of aliphatic carboxylic acids is 1. The van der Waals surface area contributed by atoms with Crippen LogP contribution in [0.25, 0.3) is 0 Å². The van der Waals surface area contributed by atoms with Gasteiger partial charge in [0.05, 0.1) is 24.0 Å². The van der Waals surface area contributed by atoms with Gasteiger partial charge in [-0.2, -0.15) is 0 Å². The lowest BCUT2D eigenvalue weighted by Crippen LogP contribution is -2.33. The van der Waals surface area contributed by atoms with Gasteiger partial charge in [-0.3, -0.25) is 20.0 Å². The summed E-state index contributed by atoms with van der Waals surface area (Å²) in [7, 11) is 0. The summed E-state index contributed by atoms with van der Waals surface area (Å²) in [5.74, 6) is -1.46. The van der Waals surface area contributed by atoms with Crippen molar-refractivity contribution in [1.29, 1.82) is 5.41 Å². The zero-order valence-corrected chi connectivity index (χ0v) is 12.8. The number of allylic oxidation sites excluding steroid dienone is 1. The van der Waals surface area contributed by atoms with E-state index in [1.54, 1.807) is 31.5 Å². The molecule has 0 aliphatic carbocycles. The number of aromatic nitrogens is 1. The fourth-order valence-electron chi connectivity index (χ4n) is 1.69. The van der Waals surface area contributed by atoms with Gasteiger partial charge in [-0.15, -0.1) is 0 Å². The quantitative estimate of drug-likeness (QED) is 0.636. The molecular weight excluding hydrogens is 308 g/mol. The van der Waals surface area contributed by atoms with E-state index in [2.05, 4.69) is 10.3 Å². The first-order chi connectivity index (χ1) is 10.5. The second-order valence-electron chi connectivity index (χ2n) is 4.26. The number of anilines is 1. The lowest BCUT2D eigenvalue weighted by Gasteiger charge is -2.22. The number of rotatable bonds is 8. The summed E-state index contributed by atoms with van der Waals surface area (Å²) in [5.41, 5.74) is 0.843. The highest BCUT2D eigenvalue weighted by molar-refractivity contribution is 6.68. The van der Waals surface area contributed by atoms with Crippen LogP contribution < -0.4 is 5.32 Å². The Labute approximate surface area is 133 Å². The van der Waals surface area contributed by atoms with Gasteiger partial charge in [0.2, 0.25) is 5.91 Å². The first-order valence-corrected chi connectivity index (χ1v) is 6.96. The molecule has 1 aromatic heterocycles. The molecule has 0 saturated carbocycles. The predicted octanol–water partition coefficient (Wildman–Crippen LogP) is 2.26. The number of nitrogens with zero attached hydrogens (tertiary/aromatic N) is 2. The monoisotopic (exact) mass is 324 g/mol. The average molecular weight is 325 g/mol. The Kier molecular flexibility index (Phi) is 7.04. The molecule has 118 valence electrons. The minimum atomic E-state index is -1.05. The maximum absolute atomic E-state index is 12.1. The average Bonchev–Trinajstić information content (AvgIpc) is 2.49. The van der Waals surface area contributed by atoms with E-state index < -0.39 is 11.9 Å². The third kappa shape index (κ3) is 5.53. The first-order valence-electron chi connectivity index (χ1n) is 6.59. The van der Waals surface area contributed by atoms with Gasteiger partial charge in [0.25, 0.3) is 0 Å². The second kappa shape index (κ2) is 8.78. The molecule has 0 unspecified atom stereocenters. The van der Waals surface area contributed by atoms with Crippen LogP contribution in [0.15, 0.2) is 36.4 Å². The van der Waals surface area contributed by atoms with Crippen molar-refractivity contribution in [3.63, 3.8) is 0 Å². The van der Waals surface area contributed by atoms with Crippen molar-refractivity contribution in [2.24, 2.45) is 0 Å². The molecule has 7 nitrogen and oxygen atoms in total. The summed E-state index contributed by atoms with van der Waals surface area (Å²) in [6.45, 7) is 1.99. The Morgan fingerprint density at radius 3 is 2.73 bits per heavy atom. The van der Waals surface area contributed by atoms with Crippen molar-refractivity contribution in [2.75, 3.05) is 11.9 Å². The first kappa shape index (κ1) is 17.6. The normalized spacial score (nSPS) is 10.9. The summed E-state index contributed by atoms with van der Waals surface area (Å²) < 4.78 is 0. The number of carboxylic acid groups (broad SMARTS) is 1. The van der Waals surface area contributed by atoms with Crippen LogP contribution in [-0.2, 0) is 9.59 Å². The van der Waals surface area contributed by atoms with Gasteiger partial charge < -0.3 is 15.3 Å². The van der Waals surface area contributed by atoms with Crippen LogP contribution >= 0.6 is 11.6 Å². The van der Waals surface area contributed by atoms with E-state index in [1.807, 2.05) is 0 Å². The molecule has 0 atom stereocenters. The zero-order valence-electron chi connectivity index (χ0n) is 12.0. The Hall–Kier alpha value is -2.41. The molecule has 0 saturated heterocycles. The smallest absolute Gasteiger partial charge is 0.303 e. The summed E-state index contributed by atoms with van der Waals surface area (Å²) >= 11 is 5.74. The Bertz CT molecular complexity index is 575. The van der Waals surface area contributed by atoms with Gasteiger partial charge in [0.15, 0.2) is 0 Å². The second-order valence-corrected chi connectivity index (χ2v) is 4.64. The Morgan fingerprint density at radius 2 is 2.23 bits per heavy atom. The molecule has 0 aliphatic heterocycles. The SMILES string of the molecule is CCN(C(=O)CCC(=O)O)/C(=C/Nc1cccnc1)C(=N)Cl. The molecule has 1 aromatic rings. The van der Waals surface area contributed by atoms with Gasteiger partial charge in [-0.1, -0.05) is 11.6 Å². The van der Waals surface area contributed by atoms with Gasteiger partial charge in [-0.25, -0.2) is 0 Å². The topological polar surface area (TPSA) is 106 Å². The van der Waals surface area contributed by atoms with Crippen molar-refractivity contribution in [3.05, 3.63) is 36.4 Å². The largest absolute Gasteiger partial charge is 0.481 e. The highest BCUT2D eigenvalue weighted by Crippen LogP contribution is 2.13. The molecule has 0 aromatic carbocycles. The minimum absolute atomic E-state index is 0.155. The minimum Gasteiger partial charge on any atom is -0.481 e. The van der Waals surface area contributed by atoms with Crippen LogP contribution in [0.4, 0.5) is 5.69 Å². The maximum Gasteiger partial charge on any atom is 0.303 e. The van der Waals surface area contributed by atoms with Crippen LogP contribution in [0.5, 0.6) is 0 Å². The van der Waals surface area contributed by atoms with Gasteiger partial charge >= 0.3 is 5.97 Å². The summed E-state index contributed by atoms with van der Waals surface area (Å²) in [6.07, 6.45) is 4.20. The van der Waals surface area contributed by atoms with E-state index in [4.69, 9.17) is 22.1 Å².